The van der Waals surface area contributed by atoms with Crippen LogP contribution in [-0.2, 0) is 14.8 Å². The molecular formula is C24H20ClF2N9O3S. The lowest BCUT2D eigenvalue weighted by Gasteiger charge is -2.33. The molecule has 0 saturated carbocycles. The van der Waals surface area contributed by atoms with Crippen molar-refractivity contribution in [2.45, 2.75) is 31.3 Å². The van der Waals surface area contributed by atoms with Gasteiger partial charge < -0.3 is 9.88 Å². The fourth-order valence-electron chi connectivity index (χ4n) is 5.25. The fraction of sp³-hybridized carbons (Fsp3) is 0.250. The van der Waals surface area contributed by atoms with E-state index in [1.54, 1.807) is 11.0 Å². The largest absolute Gasteiger partial charge is 0.340 e. The summed E-state index contributed by atoms with van der Waals surface area (Å²) in [7, 11) is -3.74. The molecule has 6 rings (SSSR count). The zero-order valence-corrected chi connectivity index (χ0v) is 22.3. The van der Waals surface area contributed by atoms with Gasteiger partial charge in [-0.3, -0.25) is 9.52 Å². The average Bonchev–Trinajstić information content (AvgIpc) is 3.67. The Morgan fingerprint density at radius 1 is 1.15 bits per heavy atom. The molecule has 0 spiro atoms. The van der Waals surface area contributed by atoms with E-state index in [2.05, 4.69) is 30.5 Å². The van der Waals surface area contributed by atoms with E-state index in [9.17, 15) is 13.2 Å². The summed E-state index contributed by atoms with van der Waals surface area (Å²) in [5, 5.41) is 11.0. The van der Waals surface area contributed by atoms with Crippen LogP contribution in [-0.4, -0.2) is 66.7 Å². The number of imidazole rings is 1. The monoisotopic (exact) mass is 587 g/mol. The first-order valence-corrected chi connectivity index (χ1v) is 14.3. The summed E-state index contributed by atoms with van der Waals surface area (Å²) < 4.78 is 56.8. The third-order valence-electron chi connectivity index (χ3n) is 6.87. The van der Waals surface area contributed by atoms with Crippen molar-refractivity contribution in [3.63, 3.8) is 0 Å². The quantitative estimate of drug-likeness (QED) is 0.349. The molecule has 2 N–H and O–H groups in total. The van der Waals surface area contributed by atoms with Crippen LogP contribution in [0.25, 0.3) is 22.5 Å². The predicted octanol–water partition coefficient (Wildman–Crippen LogP) is 3.27. The number of tetrazole rings is 1. The average molecular weight is 588 g/mol. The second kappa shape index (κ2) is 9.75. The summed E-state index contributed by atoms with van der Waals surface area (Å²) in [6, 6.07) is 3.72. The molecule has 0 bridgehead atoms. The van der Waals surface area contributed by atoms with Crippen LogP contribution in [0.5, 0.6) is 0 Å². The first-order valence-electron chi connectivity index (χ1n) is 12.0. The number of rotatable bonds is 6. The van der Waals surface area contributed by atoms with E-state index in [0.717, 1.165) is 6.26 Å². The van der Waals surface area contributed by atoms with Crippen molar-refractivity contribution in [2.24, 2.45) is 0 Å². The summed E-state index contributed by atoms with van der Waals surface area (Å²) in [5.74, 6) is -1.86. The summed E-state index contributed by atoms with van der Waals surface area (Å²) in [6.07, 6.45) is 7.86. The van der Waals surface area contributed by atoms with E-state index in [-0.39, 0.29) is 28.1 Å². The van der Waals surface area contributed by atoms with Crippen molar-refractivity contribution in [1.82, 2.24) is 40.1 Å². The van der Waals surface area contributed by atoms with E-state index < -0.39 is 33.5 Å². The van der Waals surface area contributed by atoms with Gasteiger partial charge in [-0.1, -0.05) is 11.6 Å². The van der Waals surface area contributed by atoms with Gasteiger partial charge in [0.15, 0.2) is 17.5 Å². The van der Waals surface area contributed by atoms with Gasteiger partial charge >= 0.3 is 0 Å². The van der Waals surface area contributed by atoms with Gasteiger partial charge in [0.2, 0.25) is 15.9 Å². The van der Waals surface area contributed by atoms with E-state index >= 15 is 8.78 Å². The van der Waals surface area contributed by atoms with Gasteiger partial charge in [-0.05, 0) is 53.5 Å². The molecule has 16 heteroatoms. The number of sulfonamides is 1. The molecule has 3 aromatic heterocycles. The van der Waals surface area contributed by atoms with Crippen LogP contribution in [0, 0.1) is 11.6 Å². The molecule has 0 aliphatic carbocycles. The number of pyridine rings is 1. The third kappa shape index (κ3) is 4.60. The van der Waals surface area contributed by atoms with Gasteiger partial charge in [0, 0.05) is 29.4 Å². The number of halogens is 3. The SMILES string of the molecule is CS(=O)(=O)Nc1nccc(-c2cnc([C@@H]3CC[C@@H]4CC(c5c(-n6cnnn6)ccc(Cl)c5F)=CC(=O)N43)[nH]2)c1F. The van der Waals surface area contributed by atoms with Crippen LogP contribution < -0.4 is 4.72 Å². The highest BCUT2D eigenvalue weighted by molar-refractivity contribution is 7.92. The summed E-state index contributed by atoms with van der Waals surface area (Å²) >= 11 is 6.09. The molecule has 0 unspecified atom stereocenters. The van der Waals surface area contributed by atoms with E-state index in [1.165, 1.54) is 41.6 Å². The molecule has 1 aromatic carbocycles. The lowest BCUT2D eigenvalue weighted by atomic mass is 9.92. The molecule has 5 heterocycles. The normalized spacial score (nSPS) is 19.1. The maximum Gasteiger partial charge on any atom is 0.247 e. The third-order valence-corrected chi connectivity index (χ3v) is 7.73. The maximum atomic E-state index is 15.3. The highest BCUT2D eigenvalue weighted by Gasteiger charge is 2.42. The fourth-order valence-corrected chi connectivity index (χ4v) is 5.90. The molecule has 12 nitrogen and oxygen atoms in total. The number of nitrogens with one attached hydrogen (secondary N) is 2. The molecule has 4 aromatic rings. The van der Waals surface area contributed by atoms with Crippen LogP contribution in [0.1, 0.15) is 36.7 Å². The van der Waals surface area contributed by atoms with Gasteiger partial charge in [0.05, 0.1) is 34.9 Å². The van der Waals surface area contributed by atoms with Crippen molar-refractivity contribution in [3.05, 3.63) is 71.0 Å². The Balaban J connectivity index is 1.31. The van der Waals surface area contributed by atoms with Crippen LogP contribution in [0.2, 0.25) is 5.02 Å². The van der Waals surface area contributed by atoms with Gasteiger partial charge in [-0.2, -0.15) is 4.68 Å². The number of H-pyrrole nitrogens is 1. The Bertz CT molecular complexity index is 1780. The molecule has 1 fully saturated rings. The van der Waals surface area contributed by atoms with E-state index in [1.807, 2.05) is 4.72 Å². The molecule has 2 aliphatic heterocycles. The molecule has 0 radical (unpaired) electrons. The lowest BCUT2D eigenvalue weighted by molar-refractivity contribution is -0.129. The zero-order valence-electron chi connectivity index (χ0n) is 20.7. The second-order valence-corrected chi connectivity index (χ2v) is 11.6. The smallest absolute Gasteiger partial charge is 0.247 e. The predicted molar refractivity (Wildman–Crippen MR) is 140 cm³/mol. The minimum atomic E-state index is -3.74. The molecule has 2 atom stereocenters. The van der Waals surface area contributed by atoms with Crippen LogP contribution in [0.4, 0.5) is 14.6 Å². The number of fused-ring (bicyclic) bond motifs is 1. The van der Waals surface area contributed by atoms with Crippen LogP contribution in [0.15, 0.2) is 43.0 Å². The number of hydrogen-bond donors (Lipinski definition) is 2. The molecule has 206 valence electrons. The number of nitrogens with zero attached hydrogens (tertiary/aromatic N) is 7. The Morgan fingerprint density at radius 3 is 2.73 bits per heavy atom. The summed E-state index contributed by atoms with van der Waals surface area (Å²) in [4.78, 5) is 26.3. The zero-order chi connectivity index (χ0) is 28.2. The Labute approximate surface area is 231 Å². The van der Waals surface area contributed by atoms with Gasteiger partial charge in [0.1, 0.15) is 12.2 Å². The Hall–Kier alpha value is -4.24. The van der Waals surface area contributed by atoms with Crippen molar-refractivity contribution in [1.29, 1.82) is 0 Å². The number of hydrogen-bond acceptors (Lipinski definition) is 8. The minimum absolute atomic E-state index is 0.0631. The lowest BCUT2D eigenvalue weighted by Crippen LogP contribution is -2.39. The van der Waals surface area contributed by atoms with Crippen molar-refractivity contribution in [3.8, 4) is 16.9 Å². The van der Waals surface area contributed by atoms with Gasteiger partial charge in [0.25, 0.3) is 0 Å². The van der Waals surface area contributed by atoms with Crippen LogP contribution in [0.3, 0.4) is 0 Å². The number of anilines is 1. The van der Waals surface area contributed by atoms with Gasteiger partial charge in [-0.15, -0.1) is 5.10 Å². The number of carbonyl (C=O) groups excluding carboxylic acids is 1. The highest BCUT2D eigenvalue weighted by atomic mass is 35.5. The maximum absolute atomic E-state index is 15.3. The van der Waals surface area contributed by atoms with E-state index in [0.29, 0.717) is 42.0 Å². The van der Waals surface area contributed by atoms with E-state index in [4.69, 9.17) is 11.6 Å². The number of aromatic nitrogens is 7. The Morgan fingerprint density at radius 2 is 1.98 bits per heavy atom. The molecule has 1 saturated heterocycles. The van der Waals surface area contributed by atoms with Crippen molar-refractivity contribution >= 4 is 38.9 Å². The second-order valence-electron chi connectivity index (χ2n) is 9.45. The number of amides is 1. The minimum Gasteiger partial charge on any atom is -0.340 e. The number of benzene rings is 1. The van der Waals surface area contributed by atoms with Crippen molar-refractivity contribution < 1.29 is 22.0 Å². The van der Waals surface area contributed by atoms with Crippen LogP contribution >= 0.6 is 11.6 Å². The first kappa shape index (κ1) is 26.0. The Kier molecular flexibility index (Phi) is 6.34. The summed E-state index contributed by atoms with van der Waals surface area (Å²) in [5.41, 5.74) is 1.34. The topological polar surface area (TPSA) is 152 Å². The van der Waals surface area contributed by atoms with Crippen molar-refractivity contribution in [2.75, 3.05) is 11.0 Å². The highest BCUT2D eigenvalue weighted by Crippen LogP contribution is 2.44. The molecular weight excluding hydrogens is 568 g/mol. The molecule has 2 aliphatic rings. The number of aromatic amines is 1. The van der Waals surface area contributed by atoms with Gasteiger partial charge in [-0.25, -0.2) is 27.2 Å². The standard InChI is InChI=1S/C24H20ClF2N9O3S/c1-40(38,39)32-24-21(26)14(6-7-28-24)16-10-29-23(31-16)18-4-2-13-8-12(9-19(37)36(13)18)20-17(35-11-30-33-34-35)5-3-15(25)22(20)27/h3,5-7,9-11,13,18H,2,4,8H2,1H3,(H,28,32)(H,29,31)/t13-,18+/m1/s1. The number of carbonyl (C=O) groups is 1. The first-order chi connectivity index (χ1) is 19.1. The summed E-state index contributed by atoms with van der Waals surface area (Å²) in [6.45, 7) is 0. The molecule has 40 heavy (non-hydrogen) atoms. The molecule has 1 amide bonds.